The Morgan fingerprint density at radius 2 is 1.38 bits per heavy atom. The van der Waals surface area contributed by atoms with E-state index in [1.54, 1.807) is 6.07 Å². The van der Waals surface area contributed by atoms with Crippen molar-refractivity contribution in [2.24, 2.45) is 0 Å². The summed E-state index contributed by atoms with van der Waals surface area (Å²) in [7, 11) is 0. The van der Waals surface area contributed by atoms with Crippen molar-refractivity contribution in [3.63, 3.8) is 0 Å². The Bertz CT molecular complexity index is 2680. The third kappa shape index (κ3) is 5.44. The van der Waals surface area contributed by atoms with Crippen LogP contribution in [-0.2, 0) is 0 Å². The number of pyridine rings is 1. The summed E-state index contributed by atoms with van der Waals surface area (Å²) in [6.07, 6.45) is 1.85. The highest BCUT2D eigenvalue weighted by Crippen LogP contribution is 2.47. The molecule has 0 fully saturated rings. The molecule has 6 heteroatoms. The van der Waals surface area contributed by atoms with E-state index in [2.05, 4.69) is 77.1 Å². The fourth-order valence-corrected chi connectivity index (χ4v) is 7.48. The van der Waals surface area contributed by atoms with Gasteiger partial charge in [-0.2, -0.15) is 0 Å². The molecule has 1 aliphatic rings. The molecule has 0 N–H and O–H groups in total. The van der Waals surface area contributed by atoms with Gasteiger partial charge in [-0.3, -0.25) is 4.57 Å². The maximum absolute atomic E-state index is 15.2. The molecule has 9 rings (SSSR count). The van der Waals surface area contributed by atoms with Gasteiger partial charge in [-0.25, -0.2) is 9.37 Å². The number of ether oxygens (including phenoxy) is 1. The van der Waals surface area contributed by atoms with E-state index in [-0.39, 0.29) is 5.82 Å². The maximum Gasteiger partial charge on any atom is 0.146 e. The minimum atomic E-state index is -0.836. The molecular formula is C46H37FN4O. The number of anilines is 4. The van der Waals surface area contributed by atoms with Crippen LogP contribution >= 0.6 is 0 Å². The Kier molecular flexibility index (Phi) is 7.45. The van der Waals surface area contributed by atoms with E-state index < -0.39 is 5.89 Å². The van der Waals surface area contributed by atoms with Gasteiger partial charge in [-0.15, -0.1) is 0 Å². The Balaban J connectivity index is 1.20. The number of benzene rings is 6. The summed E-state index contributed by atoms with van der Waals surface area (Å²) in [5.74, 6) is 1.06. The lowest BCUT2D eigenvalue weighted by molar-refractivity contribution is 0.483. The number of hydrogen-bond donors (Lipinski definition) is 0. The second-order valence-electron chi connectivity index (χ2n) is 13.5. The highest BCUT2D eigenvalue weighted by Gasteiger charge is 2.30. The lowest BCUT2D eigenvalue weighted by Gasteiger charge is -2.24. The first-order valence-electron chi connectivity index (χ1n) is 18.0. The van der Waals surface area contributed by atoms with Gasteiger partial charge in [0.15, 0.2) is 0 Å². The summed E-state index contributed by atoms with van der Waals surface area (Å²) >= 11 is 0. The first kappa shape index (κ1) is 30.4. The van der Waals surface area contributed by atoms with Crippen LogP contribution in [0.3, 0.4) is 0 Å². The van der Waals surface area contributed by atoms with E-state index in [0.29, 0.717) is 23.9 Å². The van der Waals surface area contributed by atoms with Crippen molar-refractivity contribution in [1.29, 1.82) is 0 Å². The second-order valence-corrected chi connectivity index (χ2v) is 13.5. The van der Waals surface area contributed by atoms with Crippen molar-refractivity contribution in [2.75, 3.05) is 16.5 Å². The molecule has 0 atom stereocenters. The van der Waals surface area contributed by atoms with Crippen LogP contribution in [0.2, 0.25) is 0 Å². The smallest absolute Gasteiger partial charge is 0.146 e. The molecule has 3 heterocycles. The van der Waals surface area contributed by atoms with Crippen LogP contribution in [0.5, 0.6) is 11.5 Å². The monoisotopic (exact) mass is 681 g/mol. The van der Waals surface area contributed by atoms with Crippen molar-refractivity contribution in [2.45, 2.75) is 26.7 Å². The van der Waals surface area contributed by atoms with Crippen LogP contribution in [0.1, 0.15) is 32.2 Å². The van der Waals surface area contributed by atoms with Crippen molar-refractivity contribution >= 4 is 44.6 Å². The highest BCUT2D eigenvalue weighted by atomic mass is 19.1. The topological polar surface area (TPSA) is 33.5 Å². The van der Waals surface area contributed by atoms with E-state index in [0.717, 1.165) is 66.9 Å². The van der Waals surface area contributed by atoms with E-state index in [4.69, 9.17) is 11.1 Å². The van der Waals surface area contributed by atoms with Gasteiger partial charge in [0.25, 0.3) is 0 Å². The fraction of sp³-hybridized carbons (Fsp3) is 0.109. The van der Waals surface area contributed by atoms with Crippen molar-refractivity contribution in [3.8, 4) is 28.4 Å². The molecule has 6 aromatic carbocycles. The lowest BCUT2D eigenvalue weighted by atomic mass is 9.92. The normalized spacial score (nSPS) is 13.1. The summed E-state index contributed by atoms with van der Waals surface area (Å²) in [5.41, 5.74) is 9.28. The van der Waals surface area contributed by atoms with Gasteiger partial charge in [-0.05, 0) is 102 Å². The zero-order valence-corrected chi connectivity index (χ0v) is 29.2. The van der Waals surface area contributed by atoms with Gasteiger partial charge in [0.05, 0.1) is 28.1 Å². The zero-order valence-electron chi connectivity index (χ0n) is 30.2. The molecule has 0 spiro atoms. The molecule has 254 valence electrons. The number of aryl methyl sites for hydroxylation is 1. The predicted molar refractivity (Wildman–Crippen MR) is 211 cm³/mol. The van der Waals surface area contributed by atoms with E-state index >= 15 is 4.39 Å². The van der Waals surface area contributed by atoms with Crippen molar-refractivity contribution in [3.05, 3.63) is 169 Å². The van der Waals surface area contributed by atoms with Crippen molar-refractivity contribution in [1.82, 2.24) is 9.55 Å². The van der Waals surface area contributed by atoms with Gasteiger partial charge in [0.2, 0.25) is 0 Å². The SMILES string of the molecule is [2H]C(C)(C)c1ccccc1-c1cc(Oc2ccc3c4ccccc4n(-c4cc(C)ccn4)c3c2)cc(N2CN(c3ccccc3F)c3ccccc32)c1. The Morgan fingerprint density at radius 1 is 0.673 bits per heavy atom. The van der Waals surface area contributed by atoms with Crippen LogP contribution in [-0.4, -0.2) is 16.2 Å². The van der Waals surface area contributed by atoms with Crippen molar-refractivity contribution < 1.29 is 10.5 Å². The van der Waals surface area contributed by atoms with Crippen LogP contribution < -0.4 is 14.5 Å². The first-order chi connectivity index (χ1) is 25.7. The summed E-state index contributed by atoms with van der Waals surface area (Å²) in [5, 5.41) is 2.25. The maximum atomic E-state index is 15.2. The molecule has 8 aromatic rings. The third-order valence-corrected chi connectivity index (χ3v) is 9.88. The zero-order chi connectivity index (χ0) is 36.3. The average molecular weight is 682 g/mol. The molecule has 0 saturated heterocycles. The predicted octanol–water partition coefficient (Wildman–Crippen LogP) is 12.5. The first-order valence-corrected chi connectivity index (χ1v) is 17.5. The quantitative estimate of drug-likeness (QED) is 0.168. The summed E-state index contributed by atoms with van der Waals surface area (Å²) in [4.78, 5) is 8.95. The number of para-hydroxylation sites is 4. The van der Waals surface area contributed by atoms with E-state index in [1.165, 1.54) is 6.07 Å². The average Bonchev–Trinajstić information content (AvgIpc) is 3.71. The molecule has 5 nitrogen and oxygen atoms in total. The van der Waals surface area contributed by atoms with Gasteiger partial charge in [0, 0.05) is 36.2 Å². The Morgan fingerprint density at radius 3 is 2.19 bits per heavy atom. The number of halogens is 1. The number of rotatable bonds is 7. The Hall–Kier alpha value is -6.40. The highest BCUT2D eigenvalue weighted by molar-refractivity contribution is 6.09. The molecule has 0 unspecified atom stereocenters. The van der Waals surface area contributed by atoms with Gasteiger partial charge >= 0.3 is 0 Å². The van der Waals surface area contributed by atoms with Gasteiger partial charge < -0.3 is 14.5 Å². The summed E-state index contributed by atoms with van der Waals surface area (Å²) < 4.78 is 33.3. The minimum Gasteiger partial charge on any atom is -0.457 e. The van der Waals surface area contributed by atoms with Crippen LogP contribution in [0.15, 0.2) is 152 Å². The largest absolute Gasteiger partial charge is 0.457 e. The van der Waals surface area contributed by atoms with E-state index in [9.17, 15) is 0 Å². The van der Waals surface area contributed by atoms with Crippen LogP contribution in [0, 0.1) is 12.7 Å². The van der Waals surface area contributed by atoms with Crippen LogP contribution in [0.4, 0.5) is 27.1 Å². The summed E-state index contributed by atoms with van der Waals surface area (Å²) in [6.45, 7) is 6.30. The van der Waals surface area contributed by atoms with Gasteiger partial charge in [0.1, 0.15) is 29.8 Å². The fourth-order valence-electron chi connectivity index (χ4n) is 7.48. The van der Waals surface area contributed by atoms with Crippen LogP contribution in [0.25, 0.3) is 38.8 Å². The number of fused-ring (bicyclic) bond motifs is 4. The molecule has 0 bridgehead atoms. The molecule has 1 aliphatic heterocycles. The molecule has 2 aromatic heterocycles. The minimum absolute atomic E-state index is 0.276. The second kappa shape index (κ2) is 12.7. The molecule has 0 aliphatic carbocycles. The number of hydrogen-bond acceptors (Lipinski definition) is 4. The molecule has 0 saturated carbocycles. The van der Waals surface area contributed by atoms with E-state index in [1.807, 2.05) is 97.7 Å². The molecule has 0 radical (unpaired) electrons. The number of nitrogens with zero attached hydrogens (tertiary/aromatic N) is 4. The Labute approximate surface area is 304 Å². The lowest BCUT2D eigenvalue weighted by Crippen LogP contribution is -2.24. The molecule has 0 amide bonds. The molecular weight excluding hydrogens is 644 g/mol. The standard InChI is InChI=1S/C46H37FN4O/c1-30(2)36-12-4-5-13-37(36)32-25-33(49-29-50(42-17-9-7-15-40(42)47)44-19-11-10-18-43(44)49)27-35(26-32)52-34-20-21-39-38-14-6-8-16-41(38)51(45(39)28-34)46-24-31(3)22-23-48-46/h4-28,30H,29H2,1-3H3/i30D. The number of aromatic nitrogens is 2. The third-order valence-electron chi connectivity index (χ3n) is 9.88. The van der Waals surface area contributed by atoms with Gasteiger partial charge in [-0.1, -0.05) is 80.6 Å². The molecule has 52 heavy (non-hydrogen) atoms. The summed E-state index contributed by atoms with van der Waals surface area (Å²) in [6, 6.07) is 48.0.